The van der Waals surface area contributed by atoms with E-state index < -0.39 is 9.84 Å². The fourth-order valence-corrected chi connectivity index (χ4v) is 2.79. The molecular weight excluding hydrogens is 198 g/mol. The molecule has 1 aromatic rings. The second-order valence-electron chi connectivity index (χ2n) is 3.58. The fourth-order valence-electron chi connectivity index (χ4n) is 1.25. The van der Waals surface area contributed by atoms with E-state index in [9.17, 15) is 8.42 Å². The molecule has 0 aliphatic carbocycles. The van der Waals surface area contributed by atoms with E-state index in [-0.39, 0.29) is 11.8 Å². The van der Waals surface area contributed by atoms with Crippen molar-refractivity contribution < 1.29 is 8.42 Å². The first-order valence-corrected chi connectivity index (χ1v) is 6.12. The Labute approximate surface area is 84.9 Å². The highest BCUT2D eigenvalue weighted by Gasteiger charge is 2.15. The average molecular weight is 213 g/mol. The molecule has 0 heterocycles. The number of hydrogen-bond acceptors (Lipinski definition) is 3. The molecule has 14 heavy (non-hydrogen) atoms. The Balaban J connectivity index is 3.05. The van der Waals surface area contributed by atoms with Crippen LogP contribution in [0.5, 0.6) is 0 Å². The standard InChI is InChI=1S/C10H15NO2S/c1-8-4-3-5-10(6-8)14(12,13)7-9(2)11/h3-6,9H,7,11H2,1-2H3/t9-/m1/s1. The van der Waals surface area contributed by atoms with Crippen molar-refractivity contribution in [3.8, 4) is 0 Å². The van der Waals surface area contributed by atoms with Gasteiger partial charge in [0.15, 0.2) is 9.84 Å². The molecule has 3 nitrogen and oxygen atoms in total. The van der Waals surface area contributed by atoms with Crippen LogP contribution in [0.1, 0.15) is 12.5 Å². The van der Waals surface area contributed by atoms with Gasteiger partial charge in [0.2, 0.25) is 0 Å². The fraction of sp³-hybridized carbons (Fsp3) is 0.400. The first kappa shape index (κ1) is 11.2. The van der Waals surface area contributed by atoms with Crippen LogP contribution in [0.25, 0.3) is 0 Å². The van der Waals surface area contributed by atoms with E-state index in [4.69, 9.17) is 5.73 Å². The van der Waals surface area contributed by atoms with Crippen molar-refractivity contribution in [1.29, 1.82) is 0 Å². The van der Waals surface area contributed by atoms with Crippen LogP contribution >= 0.6 is 0 Å². The van der Waals surface area contributed by atoms with E-state index in [1.54, 1.807) is 25.1 Å². The van der Waals surface area contributed by atoms with Crippen molar-refractivity contribution in [1.82, 2.24) is 0 Å². The Morgan fingerprint density at radius 1 is 1.43 bits per heavy atom. The molecule has 1 rings (SSSR count). The van der Waals surface area contributed by atoms with Gasteiger partial charge in [0.05, 0.1) is 10.6 Å². The molecule has 1 aromatic carbocycles. The molecule has 4 heteroatoms. The summed E-state index contributed by atoms with van der Waals surface area (Å²) in [4.78, 5) is 0.356. The monoisotopic (exact) mass is 213 g/mol. The molecule has 0 unspecified atom stereocenters. The van der Waals surface area contributed by atoms with Gasteiger partial charge >= 0.3 is 0 Å². The minimum absolute atomic E-state index is 0.00352. The largest absolute Gasteiger partial charge is 0.327 e. The van der Waals surface area contributed by atoms with E-state index >= 15 is 0 Å². The molecular formula is C10H15NO2S. The predicted octanol–water partition coefficient (Wildman–Crippen LogP) is 1.12. The van der Waals surface area contributed by atoms with Crippen molar-refractivity contribution >= 4 is 9.84 Å². The molecule has 78 valence electrons. The van der Waals surface area contributed by atoms with Gasteiger partial charge in [-0.25, -0.2) is 8.42 Å². The Morgan fingerprint density at radius 2 is 2.07 bits per heavy atom. The molecule has 2 N–H and O–H groups in total. The van der Waals surface area contributed by atoms with Crippen LogP contribution in [0.4, 0.5) is 0 Å². The summed E-state index contributed by atoms with van der Waals surface area (Å²) in [6.07, 6.45) is 0. The zero-order valence-electron chi connectivity index (χ0n) is 8.40. The molecule has 0 aliphatic heterocycles. The molecule has 0 aliphatic rings. The average Bonchev–Trinajstić information content (AvgIpc) is 2.01. The summed E-state index contributed by atoms with van der Waals surface area (Å²) in [5.41, 5.74) is 6.42. The van der Waals surface area contributed by atoms with Crippen molar-refractivity contribution in [3.05, 3.63) is 29.8 Å². The maximum atomic E-state index is 11.7. The molecule has 1 atom stereocenters. The quantitative estimate of drug-likeness (QED) is 0.818. The third kappa shape index (κ3) is 2.82. The number of aryl methyl sites for hydroxylation is 1. The number of rotatable bonds is 3. The molecule has 0 spiro atoms. The highest BCUT2D eigenvalue weighted by Crippen LogP contribution is 2.13. The van der Waals surface area contributed by atoms with Crippen molar-refractivity contribution in [2.75, 3.05) is 5.75 Å². The number of benzene rings is 1. The van der Waals surface area contributed by atoms with Gasteiger partial charge in [0.25, 0.3) is 0 Å². The molecule has 0 bridgehead atoms. The number of hydrogen-bond donors (Lipinski definition) is 1. The molecule has 0 fully saturated rings. The van der Waals surface area contributed by atoms with E-state index in [2.05, 4.69) is 0 Å². The topological polar surface area (TPSA) is 60.2 Å². The van der Waals surface area contributed by atoms with Gasteiger partial charge in [0.1, 0.15) is 0 Å². The number of nitrogens with two attached hydrogens (primary N) is 1. The first-order chi connectivity index (χ1) is 6.42. The molecule has 0 radical (unpaired) electrons. The van der Waals surface area contributed by atoms with Crippen LogP contribution in [0.15, 0.2) is 29.2 Å². The normalized spacial score (nSPS) is 13.9. The van der Waals surface area contributed by atoms with E-state index in [0.29, 0.717) is 4.90 Å². The zero-order valence-corrected chi connectivity index (χ0v) is 9.21. The lowest BCUT2D eigenvalue weighted by atomic mass is 10.2. The highest BCUT2D eigenvalue weighted by atomic mass is 32.2. The van der Waals surface area contributed by atoms with Crippen LogP contribution in [-0.4, -0.2) is 20.2 Å². The minimum atomic E-state index is -3.21. The smallest absolute Gasteiger partial charge is 0.179 e. The Morgan fingerprint density at radius 3 is 2.57 bits per heavy atom. The summed E-state index contributed by atoms with van der Waals surface area (Å²) in [6.45, 7) is 3.55. The maximum absolute atomic E-state index is 11.7. The van der Waals surface area contributed by atoms with Gasteiger partial charge in [-0.3, -0.25) is 0 Å². The summed E-state index contributed by atoms with van der Waals surface area (Å²) >= 11 is 0. The Kier molecular flexibility index (Phi) is 3.29. The van der Waals surface area contributed by atoms with Crippen LogP contribution in [-0.2, 0) is 9.84 Å². The van der Waals surface area contributed by atoms with Crippen molar-refractivity contribution in [3.63, 3.8) is 0 Å². The number of sulfone groups is 1. The van der Waals surface area contributed by atoms with Gasteiger partial charge in [0, 0.05) is 6.04 Å². The molecule has 0 saturated carbocycles. The summed E-state index contributed by atoms with van der Waals surface area (Å²) in [5.74, 6) is -0.00352. The highest BCUT2D eigenvalue weighted by molar-refractivity contribution is 7.91. The lowest BCUT2D eigenvalue weighted by Gasteiger charge is -2.07. The van der Waals surface area contributed by atoms with Crippen LogP contribution < -0.4 is 5.73 Å². The summed E-state index contributed by atoms with van der Waals surface area (Å²) in [6, 6.07) is 6.54. The van der Waals surface area contributed by atoms with E-state index in [0.717, 1.165) is 5.56 Å². The van der Waals surface area contributed by atoms with Gasteiger partial charge in [-0.15, -0.1) is 0 Å². The van der Waals surface area contributed by atoms with Crippen molar-refractivity contribution in [2.24, 2.45) is 5.73 Å². The van der Waals surface area contributed by atoms with Gasteiger partial charge in [-0.2, -0.15) is 0 Å². The van der Waals surface area contributed by atoms with Gasteiger partial charge in [-0.05, 0) is 31.5 Å². The van der Waals surface area contributed by atoms with Crippen LogP contribution in [0.2, 0.25) is 0 Å². The van der Waals surface area contributed by atoms with Crippen LogP contribution in [0.3, 0.4) is 0 Å². The Bertz CT molecular complexity index is 410. The molecule has 0 saturated heterocycles. The van der Waals surface area contributed by atoms with Crippen molar-refractivity contribution in [2.45, 2.75) is 24.8 Å². The SMILES string of the molecule is Cc1cccc(S(=O)(=O)C[C@@H](C)N)c1. The minimum Gasteiger partial charge on any atom is -0.327 e. The zero-order chi connectivity index (χ0) is 10.8. The summed E-state index contributed by atoms with van der Waals surface area (Å²) in [5, 5.41) is 0. The maximum Gasteiger partial charge on any atom is 0.179 e. The lowest BCUT2D eigenvalue weighted by molar-refractivity contribution is 0.590. The van der Waals surface area contributed by atoms with Gasteiger partial charge < -0.3 is 5.73 Å². The molecule has 0 aromatic heterocycles. The summed E-state index contributed by atoms with van der Waals surface area (Å²) < 4.78 is 23.4. The summed E-state index contributed by atoms with van der Waals surface area (Å²) in [7, 11) is -3.21. The van der Waals surface area contributed by atoms with Crippen LogP contribution in [0, 0.1) is 6.92 Å². The predicted molar refractivity (Wildman–Crippen MR) is 56.9 cm³/mol. The third-order valence-corrected chi connectivity index (χ3v) is 3.77. The van der Waals surface area contributed by atoms with Gasteiger partial charge in [-0.1, -0.05) is 12.1 Å². The third-order valence-electron chi connectivity index (χ3n) is 1.83. The second-order valence-corrected chi connectivity index (χ2v) is 5.61. The lowest BCUT2D eigenvalue weighted by Crippen LogP contribution is -2.26. The Hall–Kier alpha value is -0.870. The van der Waals surface area contributed by atoms with E-state index in [1.165, 1.54) is 0 Å². The van der Waals surface area contributed by atoms with E-state index in [1.807, 2.05) is 13.0 Å². The molecule has 0 amide bonds. The second kappa shape index (κ2) is 4.11. The first-order valence-electron chi connectivity index (χ1n) is 4.47.